The highest BCUT2D eigenvalue weighted by Crippen LogP contribution is 2.41. The molecule has 0 spiro atoms. The van der Waals surface area contributed by atoms with Crippen LogP contribution in [0.1, 0.15) is 40.2 Å². The number of hydrogen-bond acceptors (Lipinski definition) is 5. The van der Waals surface area contributed by atoms with E-state index in [0.717, 1.165) is 15.6 Å². The molecule has 1 aliphatic heterocycles. The number of rotatable bonds is 4. The summed E-state index contributed by atoms with van der Waals surface area (Å²) >= 11 is 3.42. The molecular weight excluding hydrogens is 472 g/mol. The Morgan fingerprint density at radius 2 is 1.97 bits per heavy atom. The van der Waals surface area contributed by atoms with Gasteiger partial charge in [-0.3, -0.25) is 14.5 Å². The number of aryl methyl sites for hydroxylation is 1. The van der Waals surface area contributed by atoms with Crippen LogP contribution in [0.15, 0.2) is 74.5 Å². The zero-order valence-electron chi connectivity index (χ0n) is 17.5. The average Bonchev–Trinajstić information content (AvgIpc) is 3.07. The largest absolute Gasteiger partial charge is 0.494 e. The van der Waals surface area contributed by atoms with Gasteiger partial charge in [-0.2, -0.15) is 0 Å². The first-order valence-electron chi connectivity index (χ1n) is 10.2. The molecule has 0 aliphatic carbocycles. The predicted molar refractivity (Wildman–Crippen MR) is 125 cm³/mol. The van der Waals surface area contributed by atoms with Crippen LogP contribution in [0.2, 0.25) is 0 Å². The molecule has 1 atom stereocenters. The second kappa shape index (κ2) is 7.91. The van der Waals surface area contributed by atoms with Gasteiger partial charge in [-0.15, -0.1) is 0 Å². The Kier molecular flexibility index (Phi) is 5.06. The van der Waals surface area contributed by atoms with E-state index in [4.69, 9.17) is 9.15 Å². The van der Waals surface area contributed by atoms with E-state index in [1.807, 2.05) is 50.2 Å². The van der Waals surface area contributed by atoms with Crippen LogP contribution in [0.25, 0.3) is 11.0 Å². The summed E-state index contributed by atoms with van der Waals surface area (Å²) in [6, 6.07) is 15.6. The van der Waals surface area contributed by atoms with Crippen LogP contribution in [0.5, 0.6) is 5.75 Å². The quantitative estimate of drug-likeness (QED) is 0.382. The summed E-state index contributed by atoms with van der Waals surface area (Å²) < 4.78 is 12.4. The molecule has 0 radical (unpaired) electrons. The normalized spacial score (nSPS) is 15.3. The van der Waals surface area contributed by atoms with Gasteiger partial charge in [-0.1, -0.05) is 28.1 Å². The summed E-state index contributed by atoms with van der Waals surface area (Å²) in [6.45, 7) is 4.34. The summed E-state index contributed by atoms with van der Waals surface area (Å²) in [5, 5.41) is 0.413. The number of fused-ring (bicyclic) bond motifs is 2. The zero-order chi connectivity index (χ0) is 22.4. The van der Waals surface area contributed by atoms with Crippen molar-refractivity contribution >= 4 is 38.6 Å². The lowest BCUT2D eigenvalue weighted by Gasteiger charge is -2.24. The maximum absolute atomic E-state index is 13.6. The number of nitrogens with zero attached hydrogens (tertiary/aromatic N) is 2. The van der Waals surface area contributed by atoms with E-state index in [1.54, 1.807) is 24.4 Å². The summed E-state index contributed by atoms with van der Waals surface area (Å²) in [5.74, 6) is 0.764. The molecule has 1 amide bonds. The number of ether oxygens (including phenoxy) is 1. The standard InChI is InChI=1S/C25H19BrN2O4/c1-3-31-17-6-4-5-15(12-17)22-21-23(29)18-13-16(26)7-8-19(18)32-24(21)25(30)28(22)20-11-14(2)9-10-27-20/h4-13,22H,3H2,1-2H3. The van der Waals surface area contributed by atoms with Gasteiger partial charge >= 0.3 is 0 Å². The van der Waals surface area contributed by atoms with E-state index in [9.17, 15) is 9.59 Å². The molecule has 32 heavy (non-hydrogen) atoms. The van der Waals surface area contributed by atoms with E-state index in [2.05, 4.69) is 20.9 Å². The van der Waals surface area contributed by atoms with Crippen molar-refractivity contribution in [2.45, 2.75) is 19.9 Å². The molecular formula is C25H19BrN2O4. The molecule has 0 fully saturated rings. The lowest BCUT2D eigenvalue weighted by Crippen LogP contribution is -2.30. The van der Waals surface area contributed by atoms with Crippen LogP contribution in [-0.2, 0) is 0 Å². The van der Waals surface area contributed by atoms with Gasteiger partial charge < -0.3 is 9.15 Å². The first kappa shape index (κ1) is 20.5. The van der Waals surface area contributed by atoms with Crippen LogP contribution in [0.3, 0.4) is 0 Å². The Bertz CT molecular complexity index is 1430. The van der Waals surface area contributed by atoms with Gasteiger partial charge in [0.15, 0.2) is 5.43 Å². The van der Waals surface area contributed by atoms with Crippen molar-refractivity contribution < 1.29 is 13.9 Å². The van der Waals surface area contributed by atoms with Crippen LogP contribution in [0.4, 0.5) is 5.82 Å². The highest BCUT2D eigenvalue weighted by Gasteiger charge is 2.44. The molecule has 5 rings (SSSR count). The Morgan fingerprint density at radius 3 is 2.75 bits per heavy atom. The van der Waals surface area contributed by atoms with Crippen molar-refractivity contribution in [2.75, 3.05) is 11.5 Å². The maximum atomic E-state index is 13.6. The number of benzene rings is 2. The number of halogens is 1. The Morgan fingerprint density at radius 1 is 1.12 bits per heavy atom. The Labute approximate surface area is 192 Å². The zero-order valence-corrected chi connectivity index (χ0v) is 19.0. The number of anilines is 1. The predicted octanol–water partition coefficient (Wildman–Crippen LogP) is 5.41. The van der Waals surface area contributed by atoms with Crippen LogP contribution in [0, 0.1) is 6.92 Å². The van der Waals surface area contributed by atoms with Gasteiger partial charge in [0.05, 0.1) is 23.6 Å². The summed E-state index contributed by atoms with van der Waals surface area (Å²) in [7, 11) is 0. The van der Waals surface area contributed by atoms with Crippen LogP contribution in [-0.4, -0.2) is 17.5 Å². The van der Waals surface area contributed by atoms with E-state index in [0.29, 0.717) is 34.7 Å². The smallest absolute Gasteiger partial charge is 0.296 e. The third-order valence-electron chi connectivity index (χ3n) is 5.46. The number of carbonyl (C=O) groups excluding carboxylic acids is 1. The lowest BCUT2D eigenvalue weighted by atomic mass is 9.98. The first-order valence-corrected chi connectivity index (χ1v) is 11.0. The van der Waals surface area contributed by atoms with Crippen molar-refractivity contribution in [1.82, 2.24) is 4.98 Å². The fourth-order valence-electron chi connectivity index (χ4n) is 4.09. The van der Waals surface area contributed by atoms with Crippen LogP contribution < -0.4 is 15.1 Å². The lowest BCUT2D eigenvalue weighted by molar-refractivity contribution is 0.0970. The number of aromatic nitrogens is 1. The molecule has 2 aromatic carbocycles. The van der Waals surface area contributed by atoms with Crippen molar-refractivity contribution in [3.63, 3.8) is 0 Å². The Balaban J connectivity index is 1.80. The van der Waals surface area contributed by atoms with Crippen molar-refractivity contribution in [2.24, 2.45) is 0 Å². The molecule has 7 heteroatoms. The van der Waals surface area contributed by atoms with Gasteiger partial charge in [0, 0.05) is 10.7 Å². The van der Waals surface area contributed by atoms with E-state index in [-0.39, 0.29) is 11.2 Å². The average molecular weight is 491 g/mol. The molecule has 3 heterocycles. The van der Waals surface area contributed by atoms with Crippen molar-refractivity contribution in [1.29, 1.82) is 0 Å². The second-order valence-corrected chi connectivity index (χ2v) is 8.50. The molecule has 160 valence electrons. The third kappa shape index (κ3) is 3.29. The fraction of sp³-hybridized carbons (Fsp3) is 0.160. The van der Waals surface area contributed by atoms with Gasteiger partial charge in [-0.25, -0.2) is 4.98 Å². The monoisotopic (exact) mass is 490 g/mol. The topological polar surface area (TPSA) is 72.6 Å². The fourth-order valence-corrected chi connectivity index (χ4v) is 4.45. The number of pyridine rings is 1. The van der Waals surface area contributed by atoms with Crippen LogP contribution >= 0.6 is 15.9 Å². The van der Waals surface area contributed by atoms with E-state index < -0.39 is 11.9 Å². The Hall–Kier alpha value is -3.45. The van der Waals surface area contributed by atoms with Crippen molar-refractivity contribution in [3.05, 3.63) is 97.9 Å². The molecule has 1 aliphatic rings. The molecule has 2 aromatic heterocycles. The van der Waals surface area contributed by atoms with E-state index >= 15 is 0 Å². The minimum atomic E-state index is -0.688. The third-order valence-corrected chi connectivity index (χ3v) is 5.96. The molecule has 0 bridgehead atoms. The van der Waals surface area contributed by atoms with Gasteiger partial charge in [0.1, 0.15) is 17.2 Å². The summed E-state index contributed by atoms with van der Waals surface area (Å²) in [6.07, 6.45) is 1.65. The van der Waals surface area contributed by atoms with Gasteiger partial charge in [0.2, 0.25) is 5.76 Å². The van der Waals surface area contributed by atoms with Gasteiger partial charge in [0.25, 0.3) is 5.91 Å². The first-order chi connectivity index (χ1) is 15.5. The minimum Gasteiger partial charge on any atom is -0.494 e. The molecule has 6 nitrogen and oxygen atoms in total. The number of carbonyl (C=O) groups is 1. The highest BCUT2D eigenvalue weighted by atomic mass is 79.9. The molecule has 0 N–H and O–H groups in total. The highest BCUT2D eigenvalue weighted by molar-refractivity contribution is 9.10. The van der Waals surface area contributed by atoms with Gasteiger partial charge in [-0.05, 0) is 67.4 Å². The summed E-state index contributed by atoms with van der Waals surface area (Å²) in [5.41, 5.74) is 2.13. The maximum Gasteiger partial charge on any atom is 0.296 e. The second-order valence-electron chi connectivity index (χ2n) is 7.59. The SMILES string of the molecule is CCOc1cccc(C2c3c(oc4ccc(Br)cc4c3=O)C(=O)N2c2cc(C)ccn2)c1. The number of hydrogen-bond donors (Lipinski definition) is 0. The molecule has 1 unspecified atom stereocenters. The number of amides is 1. The van der Waals surface area contributed by atoms with Crippen molar-refractivity contribution in [3.8, 4) is 5.75 Å². The molecule has 0 saturated carbocycles. The molecule has 0 saturated heterocycles. The van der Waals surface area contributed by atoms with E-state index in [1.165, 1.54) is 4.90 Å². The minimum absolute atomic E-state index is 0.0416. The molecule has 4 aromatic rings. The summed E-state index contributed by atoms with van der Waals surface area (Å²) in [4.78, 5) is 33.2.